The molecule has 2 rings (SSSR count). The third kappa shape index (κ3) is 2.44. The van der Waals surface area contributed by atoms with E-state index in [1.54, 1.807) is 0 Å². The molecule has 7 nitrogen and oxygen atoms in total. The molecule has 0 aliphatic heterocycles. The van der Waals surface area contributed by atoms with Crippen LogP contribution >= 0.6 is 0 Å². The average molecular weight is 279 g/mol. The molecule has 1 aromatic heterocycles. The van der Waals surface area contributed by atoms with Crippen molar-refractivity contribution in [3.8, 4) is 5.75 Å². The second kappa shape index (κ2) is 5.00. The van der Waals surface area contributed by atoms with E-state index >= 15 is 0 Å². The van der Waals surface area contributed by atoms with Crippen molar-refractivity contribution >= 4 is 17.4 Å². The first-order chi connectivity index (χ1) is 9.40. The van der Waals surface area contributed by atoms with Gasteiger partial charge in [0.2, 0.25) is 0 Å². The minimum absolute atomic E-state index is 0.0178. The second-order valence-electron chi connectivity index (χ2n) is 4.01. The van der Waals surface area contributed by atoms with Crippen LogP contribution in [0.2, 0.25) is 0 Å². The molecule has 1 aromatic carbocycles. The lowest BCUT2D eigenvalue weighted by molar-refractivity contribution is -0.391. The van der Waals surface area contributed by atoms with Crippen molar-refractivity contribution in [1.82, 2.24) is 4.57 Å². The molecule has 104 valence electrons. The standard InChI is InChI=1S/C12H10FN3O4/c1-15-10(4-5-11(15)16(19)20)12(18)14-9-3-2-7(17)6-8(9)13/h2-6,17H,1H3,(H,14,18). The molecule has 0 unspecified atom stereocenters. The average Bonchev–Trinajstić information content (AvgIpc) is 2.74. The number of nitro groups is 1. The van der Waals surface area contributed by atoms with E-state index in [2.05, 4.69) is 5.32 Å². The number of rotatable bonds is 3. The molecular weight excluding hydrogens is 269 g/mol. The van der Waals surface area contributed by atoms with Crippen LogP contribution in [0.25, 0.3) is 0 Å². The maximum absolute atomic E-state index is 13.5. The summed E-state index contributed by atoms with van der Waals surface area (Å²) in [6.45, 7) is 0. The molecule has 1 amide bonds. The number of carbonyl (C=O) groups excluding carboxylic acids is 1. The van der Waals surface area contributed by atoms with E-state index in [9.17, 15) is 19.3 Å². The number of nitrogens with one attached hydrogen (secondary N) is 1. The Balaban J connectivity index is 2.26. The van der Waals surface area contributed by atoms with Gasteiger partial charge in [0.1, 0.15) is 11.6 Å². The summed E-state index contributed by atoms with van der Waals surface area (Å²) in [5.41, 5.74) is -0.110. The summed E-state index contributed by atoms with van der Waals surface area (Å²) in [5, 5.41) is 22.0. The molecule has 1 heterocycles. The maximum atomic E-state index is 13.5. The molecule has 0 atom stereocenters. The Kier molecular flexibility index (Phi) is 3.38. The molecule has 0 spiro atoms. The Labute approximate surface area is 112 Å². The zero-order valence-corrected chi connectivity index (χ0v) is 10.3. The van der Waals surface area contributed by atoms with Crippen LogP contribution in [0.3, 0.4) is 0 Å². The molecule has 0 aliphatic rings. The van der Waals surface area contributed by atoms with Gasteiger partial charge in [0, 0.05) is 12.1 Å². The van der Waals surface area contributed by atoms with Gasteiger partial charge in [-0.05, 0) is 23.1 Å². The summed E-state index contributed by atoms with van der Waals surface area (Å²) in [6, 6.07) is 5.71. The Bertz CT molecular complexity index is 696. The highest BCUT2D eigenvalue weighted by Gasteiger charge is 2.21. The van der Waals surface area contributed by atoms with Crippen molar-refractivity contribution < 1.29 is 19.2 Å². The minimum atomic E-state index is -0.804. The first-order valence-corrected chi connectivity index (χ1v) is 5.50. The predicted molar refractivity (Wildman–Crippen MR) is 68.1 cm³/mol. The largest absolute Gasteiger partial charge is 0.508 e. The number of benzene rings is 1. The number of carbonyl (C=O) groups is 1. The number of hydrogen-bond donors (Lipinski definition) is 2. The lowest BCUT2D eigenvalue weighted by Crippen LogP contribution is -2.17. The van der Waals surface area contributed by atoms with Crippen LogP contribution in [0.4, 0.5) is 15.9 Å². The van der Waals surface area contributed by atoms with Gasteiger partial charge < -0.3 is 20.5 Å². The Morgan fingerprint density at radius 3 is 2.65 bits per heavy atom. The zero-order chi connectivity index (χ0) is 14.9. The number of phenols is 1. The van der Waals surface area contributed by atoms with E-state index in [0.29, 0.717) is 0 Å². The van der Waals surface area contributed by atoms with Crippen molar-refractivity contribution in [3.05, 3.63) is 52.0 Å². The van der Waals surface area contributed by atoms with Crippen molar-refractivity contribution in [2.75, 3.05) is 5.32 Å². The van der Waals surface area contributed by atoms with Crippen molar-refractivity contribution in [2.45, 2.75) is 0 Å². The van der Waals surface area contributed by atoms with Gasteiger partial charge in [-0.2, -0.15) is 0 Å². The van der Waals surface area contributed by atoms with Gasteiger partial charge in [-0.3, -0.25) is 4.79 Å². The molecule has 0 bridgehead atoms. The maximum Gasteiger partial charge on any atom is 0.323 e. The highest BCUT2D eigenvalue weighted by molar-refractivity contribution is 6.03. The summed E-state index contributed by atoms with van der Waals surface area (Å²) < 4.78 is 14.6. The molecule has 20 heavy (non-hydrogen) atoms. The van der Waals surface area contributed by atoms with Crippen LogP contribution in [-0.4, -0.2) is 20.5 Å². The topological polar surface area (TPSA) is 97.4 Å². The lowest BCUT2D eigenvalue weighted by Gasteiger charge is -2.05. The molecule has 2 aromatic rings. The van der Waals surface area contributed by atoms with E-state index in [1.165, 1.54) is 31.3 Å². The van der Waals surface area contributed by atoms with Gasteiger partial charge in [-0.15, -0.1) is 0 Å². The van der Waals surface area contributed by atoms with E-state index < -0.39 is 16.6 Å². The monoisotopic (exact) mass is 279 g/mol. The third-order valence-electron chi connectivity index (χ3n) is 2.72. The molecule has 0 saturated heterocycles. The fourth-order valence-electron chi connectivity index (χ4n) is 1.70. The van der Waals surface area contributed by atoms with Crippen LogP contribution in [-0.2, 0) is 7.05 Å². The molecule has 0 radical (unpaired) electrons. The Morgan fingerprint density at radius 1 is 1.40 bits per heavy atom. The van der Waals surface area contributed by atoms with Crippen LogP contribution in [0, 0.1) is 15.9 Å². The highest BCUT2D eigenvalue weighted by Crippen LogP contribution is 2.21. The van der Waals surface area contributed by atoms with Gasteiger partial charge in [0.25, 0.3) is 5.91 Å². The smallest absolute Gasteiger partial charge is 0.323 e. The first-order valence-electron chi connectivity index (χ1n) is 5.50. The van der Waals surface area contributed by atoms with Crippen LogP contribution in [0.5, 0.6) is 5.75 Å². The van der Waals surface area contributed by atoms with Crippen molar-refractivity contribution in [1.29, 1.82) is 0 Å². The Morgan fingerprint density at radius 2 is 2.10 bits per heavy atom. The van der Waals surface area contributed by atoms with Crippen LogP contribution in [0.15, 0.2) is 30.3 Å². The van der Waals surface area contributed by atoms with Crippen LogP contribution in [0.1, 0.15) is 10.5 Å². The van der Waals surface area contributed by atoms with E-state index in [0.717, 1.165) is 10.6 Å². The molecule has 8 heteroatoms. The van der Waals surface area contributed by atoms with E-state index in [4.69, 9.17) is 5.11 Å². The fraction of sp³-hybridized carbons (Fsp3) is 0.0833. The van der Waals surface area contributed by atoms with Crippen molar-refractivity contribution in [3.63, 3.8) is 0 Å². The second-order valence-corrected chi connectivity index (χ2v) is 4.01. The summed E-state index contributed by atoms with van der Waals surface area (Å²) in [6.07, 6.45) is 0. The van der Waals surface area contributed by atoms with E-state index in [1.807, 2.05) is 0 Å². The van der Waals surface area contributed by atoms with E-state index in [-0.39, 0.29) is 22.9 Å². The minimum Gasteiger partial charge on any atom is -0.508 e. The number of amides is 1. The molecule has 2 N–H and O–H groups in total. The number of anilines is 1. The van der Waals surface area contributed by atoms with Gasteiger partial charge in [-0.1, -0.05) is 0 Å². The fourth-order valence-corrected chi connectivity index (χ4v) is 1.70. The summed E-state index contributed by atoms with van der Waals surface area (Å²) in [7, 11) is 1.36. The SMILES string of the molecule is Cn1c(C(=O)Nc2ccc(O)cc2F)ccc1[N+](=O)[O-]. The highest BCUT2D eigenvalue weighted by atomic mass is 19.1. The number of hydrogen-bond acceptors (Lipinski definition) is 4. The molecule has 0 aliphatic carbocycles. The lowest BCUT2D eigenvalue weighted by atomic mass is 10.2. The number of halogens is 1. The number of aromatic nitrogens is 1. The van der Waals surface area contributed by atoms with Crippen LogP contribution < -0.4 is 5.32 Å². The van der Waals surface area contributed by atoms with Gasteiger partial charge in [0.15, 0.2) is 5.69 Å². The predicted octanol–water partition coefficient (Wildman–Crippen LogP) is 2.03. The number of aromatic hydroxyl groups is 1. The third-order valence-corrected chi connectivity index (χ3v) is 2.72. The summed E-state index contributed by atoms with van der Waals surface area (Å²) in [5.74, 6) is -2.01. The van der Waals surface area contributed by atoms with Gasteiger partial charge in [-0.25, -0.2) is 8.96 Å². The summed E-state index contributed by atoms with van der Waals surface area (Å²) in [4.78, 5) is 22.0. The normalized spacial score (nSPS) is 10.3. The number of phenolic OH excluding ortho intramolecular Hbond substituents is 1. The summed E-state index contributed by atoms with van der Waals surface area (Å²) >= 11 is 0. The molecule has 0 fully saturated rings. The van der Waals surface area contributed by atoms with Gasteiger partial charge in [0.05, 0.1) is 12.7 Å². The molecular formula is C12H10FN3O4. The number of nitrogens with zero attached hydrogens (tertiary/aromatic N) is 2. The zero-order valence-electron chi connectivity index (χ0n) is 10.3. The Hall–Kier alpha value is -2.90. The van der Waals surface area contributed by atoms with Crippen molar-refractivity contribution in [2.24, 2.45) is 7.05 Å². The first kappa shape index (κ1) is 13.5. The quantitative estimate of drug-likeness (QED) is 0.510. The molecule has 0 saturated carbocycles. The van der Waals surface area contributed by atoms with Gasteiger partial charge >= 0.3 is 5.82 Å².